The van der Waals surface area contributed by atoms with E-state index in [-0.39, 0.29) is 24.4 Å². The van der Waals surface area contributed by atoms with Crippen molar-refractivity contribution in [3.05, 3.63) is 0 Å². The van der Waals surface area contributed by atoms with Gasteiger partial charge in [-0.1, -0.05) is 0 Å². The second kappa shape index (κ2) is 4.49. The molecular formula is C9H16ClN3OS. The number of hydrogen-bond acceptors (Lipinski definition) is 4. The van der Waals surface area contributed by atoms with Crippen molar-refractivity contribution in [2.75, 3.05) is 24.7 Å². The number of nitrogens with one attached hydrogen (secondary N) is 3. The maximum atomic E-state index is 11.7. The van der Waals surface area contributed by atoms with Crippen LogP contribution in [0.5, 0.6) is 0 Å². The van der Waals surface area contributed by atoms with Gasteiger partial charge in [0.2, 0.25) is 5.91 Å². The number of halogens is 1. The summed E-state index contributed by atoms with van der Waals surface area (Å²) in [5.74, 6) is 3.47. The fraction of sp³-hybridized carbons (Fsp3) is 0.889. The van der Waals surface area contributed by atoms with Crippen molar-refractivity contribution >= 4 is 30.1 Å². The van der Waals surface area contributed by atoms with Crippen LogP contribution >= 0.6 is 24.2 Å². The van der Waals surface area contributed by atoms with Crippen LogP contribution < -0.4 is 16.0 Å². The Morgan fingerprint density at radius 1 is 1.33 bits per heavy atom. The molecule has 0 aromatic carbocycles. The third kappa shape index (κ3) is 2.11. The Hall–Kier alpha value is 0.0300. The van der Waals surface area contributed by atoms with Gasteiger partial charge in [0, 0.05) is 30.8 Å². The van der Waals surface area contributed by atoms with Crippen molar-refractivity contribution in [3.63, 3.8) is 0 Å². The zero-order chi connectivity index (χ0) is 9.54. The Kier molecular flexibility index (Phi) is 3.45. The summed E-state index contributed by atoms with van der Waals surface area (Å²) in [7, 11) is 0. The second-order valence-electron chi connectivity index (χ2n) is 4.29. The van der Waals surface area contributed by atoms with E-state index in [1.54, 1.807) is 11.8 Å². The SMILES string of the molecule is Cl.O=C(NC1[C@H]2CNC[C@@H]12)[C@H]1CSCN1. The zero-order valence-electron chi connectivity index (χ0n) is 8.36. The smallest absolute Gasteiger partial charge is 0.238 e. The summed E-state index contributed by atoms with van der Waals surface area (Å²) in [6, 6.07) is 0.519. The molecular weight excluding hydrogens is 234 g/mol. The molecule has 15 heavy (non-hydrogen) atoms. The Bertz CT molecular complexity index is 250. The molecule has 0 radical (unpaired) electrons. The Labute approximate surface area is 99.7 Å². The van der Waals surface area contributed by atoms with Crippen LogP contribution in [-0.2, 0) is 4.79 Å². The number of amides is 1. The quantitative estimate of drug-likeness (QED) is 0.612. The Morgan fingerprint density at radius 2 is 2.07 bits per heavy atom. The van der Waals surface area contributed by atoms with Gasteiger partial charge in [0.15, 0.2) is 0 Å². The van der Waals surface area contributed by atoms with E-state index in [9.17, 15) is 4.79 Å². The lowest BCUT2D eigenvalue weighted by molar-refractivity contribution is -0.122. The lowest BCUT2D eigenvalue weighted by atomic mass is 10.3. The molecule has 1 unspecified atom stereocenters. The molecule has 1 saturated carbocycles. The van der Waals surface area contributed by atoms with E-state index >= 15 is 0 Å². The van der Waals surface area contributed by atoms with Gasteiger partial charge in [-0.25, -0.2) is 0 Å². The van der Waals surface area contributed by atoms with E-state index in [2.05, 4.69) is 16.0 Å². The molecule has 3 N–H and O–H groups in total. The monoisotopic (exact) mass is 249 g/mol. The van der Waals surface area contributed by atoms with Crippen LogP contribution in [0, 0.1) is 11.8 Å². The summed E-state index contributed by atoms with van der Waals surface area (Å²) in [6.07, 6.45) is 0. The molecule has 2 aliphatic heterocycles. The molecule has 0 spiro atoms. The zero-order valence-corrected chi connectivity index (χ0v) is 10.00. The molecule has 3 aliphatic rings. The normalized spacial score (nSPS) is 41.9. The Morgan fingerprint density at radius 3 is 2.67 bits per heavy atom. The second-order valence-corrected chi connectivity index (χ2v) is 5.32. The van der Waals surface area contributed by atoms with Gasteiger partial charge in [0.1, 0.15) is 0 Å². The van der Waals surface area contributed by atoms with E-state index in [0.717, 1.165) is 24.7 Å². The number of thioether (sulfide) groups is 1. The maximum absolute atomic E-state index is 11.7. The highest BCUT2D eigenvalue weighted by Crippen LogP contribution is 2.41. The van der Waals surface area contributed by atoms with Gasteiger partial charge in [0.05, 0.1) is 6.04 Å². The van der Waals surface area contributed by atoms with Gasteiger partial charge in [-0.15, -0.1) is 24.2 Å². The molecule has 86 valence electrons. The predicted octanol–water partition coefficient (Wildman–Crippen LogP) is -0.595. The summed E-state index contributed by atoms with van der Waals surface area (Å²) in [5, 5.41) is 9.66. The summed E-state index contributed by atoms with van der Waals surface area (Å²) in [5.41, 5.74) is 0. The fourth-order valence-corrected chi connectivity index (χ4v) is 3.40. The molecule has 0 aromatic rings. The molecule has 4 atom stereocenters. The number of hydrogen-bond donors (Lipinski definition) is 3. The first-order valence-corrected chi connectivity index (χ1v) is 6.34. The van der Waals surface area contributed by atoms with E-state index in [1.165, 1.54) is 0 Å². The van der Waals surface area contributed by atoms with E-state index < -0.39 is 0 Å². The number of carbonyl (C=O) groups is 1. The predicted molar refractivity (Wildman–Crippen MR) is 63.3 cm³/mol. The van der Waals surface area contributed by atoms with E-state index in [4.69, 9.17) is 0 Å². The first-order valence-electron chi connectivity index (χ1n) is 5.18. The summed E-state index contributed by atoms with van der Waals surface area (Å²) >= 11 is 1.80. The largest absolute Gasteiger partial charge is 0.351 e. The van der Waals surface area contributed by atoms with Crippen LogP contribution in [0.15, 0.2) is 0 Å². The molecule has 0 bridgehead atoms. The molecule has 2 saturated heterocycles. The third-order valence-electron chi connectivity index (χ3n) is 3.43. The molecule has 6 heteroatoms. The van der Waals surface area contributed by atoms with Crippen LogP contribution in [0.25, 0.3) is 0 Å². The lowest BCUT2D eigenvalue weighted by Gasteiger charge is -2.11. The van der Waals surface area contributed by atoms with Crippen molar-refractivity contribution in [3.8, 4) is 0 Å². The van der Waals surface area contributed by atoms with Crippen LogP contribution in [-0.4, -0.2) is 42.7 Å². The van der Waals surface area contributed by atoms with Gasteiger partial charge >= 0.3 is 0 Å². The van der Waals surface area contributed by atoms with Crippen LogP contribution in [0.1, 0.15) is 0 Å². The minimum atomic E-state index is 0. The van der Waals surface area contributed by atoms with Crippen LogP contribution in [0.4, 0.5) is 0 Å². The molecule has 1 aliphatic carbocycles. The first kappa shape index (κ1) is 11.5. The van der Waals surface area contributed by atoms with Crippen molar-refractivity contribution in [1.29, 1.82) is 0 Å². The Balaban J connectivity index is 0.000000853. The minimum Gasteiger partial charge on any atom is -0.351 e. The highest BCUT2D eigenvalue weighted by molar-refractivity contribution is 7.99. The summed E-state index contributed by atoms with van der Waals surface area (Å²) in [4.78, 5) is 11.7. The average molecular weight is 250 g/mol. The van der Waals surface area contributed by atoms with Gasteiger partial charge in [-0.05, 0) is 11.8 Å². The van der Waals surface area contributed by atoms with Crippen molar-refractivity contribution in [1.82, 2.24) is 16.0 Å². The van der Waals surface area contributed by atoms with E-state index in [1.807, 2.05) is 0 Å². The highest BCUT2D eigenvalue weighted by Gasteiger charge is 2.53. The number of rotatable bonds is 2. The minimum absolute atomic E-state index is 0. The van der Waals surface area contributed by atoms with Gasteiger partial charge in [-0.3, -0.25) is 10.1 Å². The van der Waals surface area contributed by atoms with Crippen molar-refractivity contribution < 1.29 is 4.79 Å². The summed E-state index contributed by atoms with van der Waals surface area (Å²) in [6.45, 7) is 2.17. The van der Waals surface area contributed by atoms with E-state index in [0.29, 0.717) is 17.9 Å². The number of piperidine rings is 1. The molecule has 0 aromatic heterocycles. The molecule has 1 amide bonds. The van der Waals surface area contributed by atoms with Gasteiger partial charge < -0.3 is 10.6 Å². The molecule has 3 fully saturated rings. The van der Waals surface area contributed by atoms with Crippen molar-refractivity contribution in [2.24, 2.45) is 11.8 Å². The van der Waals surface area contributed by atoms with Crippen molar-refractivity contribution in [2.45, 2.75) is 12.1 Å². The average Bonchev–Trinajstić information content (AvgIpc) is 2.75. The topological polar surface area (TPSA) is 53.2 Å². The highest BCUT2D eigenvalue weighted by atomic mass is 35.5. The van der Waals surface area contributed by atoms with Crippen LogP contribution in [0.2, 0.25) is 0 Å². The maximum Gasteiger partial charge on any atom is 0.238 e. The summed E-state index contributed by atoms with van der Waals surface area (Å²) < 4.78 is 0. The third-order valence-corrected chi connectivity index (χ3v) is 4.37. The van der Waals surface area contributed by atoms with Gasteiger partial charge in [-0.2, -0.15) is 0 Å². The number of fused-ring (bicyclic) bond motifs is 1. The number of carbonyl (C=O) groups excluding carboxylic acids is 1. The van der Waals surface area contributed by atoms with Gasteiger partial charge in [0.25, 0.3) is 0 Å². The first-order chi connectivity index (χ1) is 6.86. The fourth-order valence-electron chi connectivity index (χ4n) is 2.46. The lowest BCUT2D eigenvalue weighted by Crippen LogP contribution is -2.44. The molecule has 3 rings (SSSR count). The van der Waals surface area contributed by atoms with Crippen LogP contribution in [0.3, 0.4) is 0 Å². The standard InChI is InChI=1S/C9H15N3OS.ClH/c13-9(7-3-14-4-11-7)12-8-5-1-10-2-6(5)8;/h5-8,10-11H,1-4H2,(H,12,13);1H/t5-,6+,7-,8?;/m1./s1. The molecule has 4 nitrogen and oxygen atoms in total. The molecule has 2 heterocycles.